The average Bonchev–Trinajstić information content (AvgIpc) is 2.73. The topological polar surface area (TPSA) is 41.3 Å². The van der Waals surface area contributed by atoms with Crippen LogP contribution in [0, 0.1) is 11.8 Å². The summed E-state index contributed by atoms with van der Waals surface area (Å²) in [7, 11) is 0. The predicted molar refractivity (Wildman–Crippen MR) is 69.0 cm³/mol. The number of anilines is 1. The highest BCUT2D eigenvalue weighted by Gasteiger charge is 2.24. The lowest BCUT2D eigenvalue weighted by Gasteiger charge is -2.33. The van der Waals surface area contributed by atoms with Gasteiger partial charge in [-0.25, -0.2) is 0 Å². The van der Waals surface area contributed by atoms with Crippen molar-refractivity contribution >= 4 is 6.01 Å². The van der Waals surface area contributed by atoms with Crippen LogP contribution in [0.25, 0.3) is 0 Å². The van der Waals surface area contributed by atoms with Crippen molar-refractivity contribution in [2.45, 2.75) is 33.7 Å². The van der Waals surface area contributed by atoms with Crippen molar-refractivity contribution in [1.29, 1.82) is 0 Å². The van der Waals surface area contributed by atoms with E-state index in [0.717, 1.165) is 49.7 Å². The molecule has 0 saturated carbocycles. The molecule has 2 rings (SSSR count). The van der Waals surface area contributed by atoms with E-state index in [1.54, 1.807) is 6.26 Å². The van der Waals surface area contributed by atoms with Gasteiger partial charge in [-0.2, -0.15) is 4.98 Å². The maximum Gasteiger partial charge on any atom is 0.297 e. The number of nitrogens with zero attached hydrogens (tertiary/aromatic N) is 2. The van der Waals surface area contributed by atoms with Gasteiger partial charge in [0, 0.05) is 19.6 Å². The van der Waals surface area contributed by atoms with Crippen molar-refractivity contribution < 1.29 is 4.42 Å². The number of hydrogen-bond donors (Lipinski definition) is 1. The summed E-state index contributed by atoms with van der Waals surface area (Å²) < 4.78 is 5.57. The van der Waals surface area contributed by atoms with Crippen LogP contribution < -0.4 is 10.2 Å². The molecule has 1 saturated heterocycles. The number of piperidine rings is 1. The Kier molecular flexibility index (Phi) is 4.05. The Morgan fingerprint density at radius 1 is 1.41 bits per heavy atom. The molecule has 0 aromatic carbocycles. The van der Waals surface area contributed by atoms with Gasteiger partial charge < -0.3 is 14.6 Å². The average molecular weight is 237 g/mol. The van der Waals surface area contributed by atoms with E-state index < -0.39 is 0 Å². The second-order valence-corrected chi connectivity index (χ2v) is 5.25. The van der Waals surface area contributed by atoms with E-state index in [1.807, 2.05) is 0 Å². The predicted octanol–water partition coefficient (Wildman–Crippen LogP) is 2.27. The maximum absolute atomic E-state index is 5.57. The molecule has 1 aromatic heterocycles. The van der Waals surface area contributed by atoms with Crippen molar-refractivity contribution in [2.75, 3.05) is 24.5 Å². The molecule has 1 fully saturated rings. The van der Waals surface area contributed by atoms with Crippen LogP contribution in [0.1, 0.15) is 32.9 Å². The Hall–Kier alpha value is -1.03. The van der Waals surface area contributed by atoms with Crippen LogP contribution in [0.15, 0.2) is 10.7 Å². The molecule has 0 aliphatic carbocycles. The summed E-state index contributed by atoms with van der Waals surface area (Å²) in [4.78, 5) is 6.81. The van der Waals surface area contributed by atoms with Crippen LogP contribution in [0.2, 0.25) is 0 Å². The summed E-state index contributed by atoms with van der Waals surface area (Å²) in [6, 6.07) is 0.788. The third-order valence-corrected chi connectivity index (χ3v) is 3.24. The normalized spacial score (nSPS) is 25.2. The van der Waals surface area contributed by atoms with E-state index in [2.05, 4.69) is 36.0 Å². The molecule has 0 spiro atoms. The zero-order chi connectivity index (χ0) is 12.3. The maximum atomic E-state index is 5.57. The minimum Gasteiger partial charge on any atom is -0.432 e. The van der Waals surface area contributed by atoms with Crippen molar-refractivity contribution in [3.05, 3.63) is 12.0 Å². The van der Waals surface area contributed by atoms with E-state index in [4.69, 9.17) is 4.42 Å². The van der Waals surface area contributed by atoms with Crippen LogP contribution >= 0.6 is 0 Å². The Labute approximate surface area is 103 Å². The fourth-order valence-corrected chi connectivity index (χ4v) is 2.59. The highest BCUT2D eigenvalue weighted by Crippen LogP contribution is 2.25. The van der Waals surface area contributed by atoms with Crippen molar-refractivity contribution in [1.82, 2.24) is 10.3 Å². The molecule has 1 N–H and O–H groups in total. The Bertz CT molecular complexity index is 340. The van der Waals surface area contributed by atoms with Crippen molar-refractivity contribution in [2.24, 2.45) is 11.8 Å². The van der Waals surface area contributed by atoms with Gasteiger partial charge >= 0.3 is 0 Å². The monoisotopic (exact) mass is 237 g/mol. The Morgan fingerprint density at radius 3 is 2.76 bits per heavy atom. The van der Waals surface area contributed by atoms with Gasteiger partial charge in [0.25, 0.3) is 6.01 Å². The number of rotatable bonds is 4. The molecule has 2 unspecified atom stereocenters. The van der Waals surface area contributed by atoms with Crippen LogP contribution in [-0.4, -0.2) is 24.6 Å². The molecule has 0 bridgehead atoms. The fourth-order valence-electron chi connectivity index (χ4n) is 2.59. The molecule has 1 aromatic rings. The highest BCUT2D eigenvalue weighted by atomic mass is 16.4. The van der Waals surface area contributed by atoms with Gasteiger partial charge in [-0.05, 0) is 24.8 Å². The molecule has 4 heteroatoms. The largest absolute Gasteiger partial charge is 0.432 e. The lowest BCUT2D eigenvalue weighted by molar-refractivity contribution is 0.340. The fraction of sp³-hybridized carbons (Fsp3) is 0.769. The first-order chi connectivity index (χ1) is 8.19. The SMILES string of the molecule is CCNCc1coc(N2CC(C)CC(C)C2)n1. The smallest absolute Gasteiger partial charge is 0.297 e. The summed E-state index contributed by atoms with van der Waals surface area (Å²) in [5, 5.41) is 3.26. The highest BCUT2D eigenvalue weighted by molar-refractivity contribution is 5.28. The van der Waals surface area contributed by atoms with E-state index in [1.165, 1.54) is 6.42 Å². The number of nitrogens with one attached hydrogen (secondary N) is 1. The zero-order valence-corrected chi connectivity index (χ0v) is 11.1. The summed E-state index contributed by atoms with van der Waals surface area (Å²) in [5.41, 5.74) is 0.993. The molecule has 1 aliphatic heterocycles. The molecule has 17 heavy (non-hydrogen) atoms. The summed E-state index contributed by atoms with van der Waals surface area (Å²) in [6.45, 7) is 10.6. The van der Waals surface area contributed by atoms with Crippen molar-refractivity contribution in [3.63, 3.8) is 0 Å². The Balaban J connectivity index is 1.98. The zero-order valence-electron chi connectivity index (χ0n) is 11.1. The summed E-state index contributed by atoms with van der Waals surface area (Å²) in [5.74, 6) is 1.45. The van der Waals surface area contributed by atoms with E-state index in [-0.39, 0.29) is 0 Å². The van der Waals surface area contributed by atoms with Gasteiger partial charge in [0.2, 0.25) is 0 Å². The van der Waals surface area contributed by atoms with E-state index in [9.17, 15) is 0 Å². The van der Waals surface area contributed by atoms with Crippen LogP contribution in [0.4, 0.5) is 6.01 Å². The molecular weight excluding hydrogens is 214 g/mol. The van der Waals surface area contributed by atoms with Crippen LogP contribution in [0.3, 0.4) is 0 Å². The third-order valence-electron chi connectivity index (χ3n) is 3.24. The lowest BCUT2D eigenvalue weighted by atomic mass is 9.92. The molecule has 2 heterocycles. The number of oxazole rings is 1. The minimum absolute atomic E-state index is 0.725. The number of hydrogen-bond acceptors (Lipinski definition) is 4. The quantitative estimate of drug-likeness (QED) is 0.872. The van der Waals surface area contributed by atoms with Crippen LogP contribution in [0.5, 0.6) is 0 Å². The third kappa shape index (κ3) is 3.22. The van der Waals surface area contributed by atoms with E-state index in [0.29, 0.717) is 0 Å². The summed E-state index contributed by atoms with van der Waals surface area (Å²) in [6.07, 6.45) is 3.07. The molecule has 4 nitrogen and oxygen atoms in total. The second kappa shape index (κ2) is 5.54. The van der Waals surface area contributed by atoms with Gasteiger partial charge in [0.05, 0.1) is 5.69 Å². The van der Waals surface area contributed by atoms with Crippen molar-refractivity contribution in [3.8, 4) is 0 Å². The minimum atomic E-state index is 0.725. The molecule has 0 radical (unpaired) electrons. The molecule has 2 atom stereocenters. The molecule has 96 valence electrons. The summed E-state index contributed by atoms with van der Waals surface area (Å²) >= 11 is 0. The molecule has 1 aliphatic rings. The first-order valence-electron chi connectivity index (χ1n) is 6.59. The molecular formula is C13H23N3O. The van der Waals surface area contributed by atoms with E-state index >= 15 is 0 Å². The van der Waals surface area contributed by atoms with Gasteiger partial charge in [-0.1, -0.05) is 20.8 Å². The van der Waals surface area contributed by atoms with Gasteiger partial charge in [0.15, 0.2) is 0 Å². The first kappa shape index (κ1) is 12.4. The van der Waals surface area contributed by atoms with Crippen LogP contribution in [-0.2, 0) is 6.54 Å². The standard InChI is InChI=1S/C13H23N3O/c1-4-14-6-12-9-17-13(15-12)16-7-10(2)5-11(3)8-16/h9-11,14H,4-8H2,1-3H3. The van der Waals surface area contributed by atoms with Gasteiger partial charge in [-0.15, -0.1) is 0 Å². The van der Waals surface area contributed by atoms with Gasteiger partial charge in [0.1, 0.15) is 6.26 Å². The lowest BCUT2D eigenvalue weighted by Crippen LogP contribution is -2.38. The molecule has 0 amide bonds. The Morgan fingerprint density at radius 2 is 2.12 bits per heavy atom. The first-order valence-corrected chi connectivity index (χ1v) is 6.59. The number of aromatic nitrogens is 1. The van der Waals surface area contributed by atoms with Gasteiger partial charge in [-0.3, -0.25) is 0 Å². The second-order valence-electron chi connectivity index (χ2n) is 5.25.